The lowest BCUT2D eigenvalue weighted by Crippen LogP contribution is -2.40. The van der Waals surface area contributed by atoms with Crippen LogP contribution in [-0.2, 0) is 0 Å². The van der Waals surface area contributed by atoms with Crippen LogP contribution in [0.2, 0.25) is 5.02 Å². The third kappa shape index (κ3) is 3.21. The minimum Gasteiger partial charge on any atom is -0.392 e. The van der Waals surface area contributed by atoms with Crippen LogP contribution in [0.4, 0.5) is 0 Å². The molecule has 2 nitrogen and oxygen atoms in total. The zero-order valence-electron chi connectivity index (χ0n) is 10.3. The van der Waals surface area contributed by atoms with Crippen molar-refractivity contribution in [3.63, 3.8) is 0 Å². The molecule has 2 rings (SSSR count). The average Bonchev–Trinajstić information content (AvgIpc) is 2.33. The number of halogens is 1. The Bertz CT molecular complexity index is 352. The summed E-state index contributed by atoms with van der Waals surface area (Å²) in [4.78, 5) is 2.39. The van der Waals surface area contributed by atoms with E-state index in [2.05, 4.69) is 24.0 Å². The molecule has 3 heteroatoms. The van der Waals surface area contributed by atoms with Crippen LogP contribution in [0, 0.1) is 0 Å². The molecule has 17 heavy (non-hydrogen) atoms. The molecule has 0 radical (unpaired) electrons. The van der Waals surface area contributed by atoms with Crippen LogP contribution >= 0.6 is 11.6 Å². The van der Waals surface area contributed by atoms with E-state index >= 15 is 0 Å². The number of piperidine rings is 1. The molecule has 1 aliphatic heterocycles. The van der Waals surface area contributed by atoms with Gasteiger partial charge in [-0.2, -0.15) is 0 Å². The number of nitrogens with zero attached hydrogens (tertiary/aromatic N) is 1. The van der Waals surface area contributed by atoms with Crippen molar-refractivity contribution >= 4 is 11.6 Å². The van der Waals surface area contributed by atoms with E-state index in [1.807, 2.05) is 12.1 Å². The van der Waals surface area contributed by atoms with Gasteiger partial charge < -0.3 is 5.11 Å². The first-order valence-electron chi connectivity index (χ1n) is 6.38. The number of rotatable bonds is 3. The van der Waals surface area contributed by atoms with Gasteiger partial charge in [0, 0.05) is 17.6 Å². The fourth-order valence-corrected chi connectivity index (χ4v) is 2.78. The molecule has 0 spiro atoms. The Morgan fingerprint density at radius 1 is 1.41 bits per heavy atom. The molecular formula is C14H20ClNO. The summed E-state index contributed by atoms with van der Waals surface area (Å²) in [6, 6.07) is 8.48. The predicted molar refractivity (Wildman–Crippen MR) is 71.3 cm³/mol. The molecule has 1 aromatic rings. The molecule has 1 N–H and O–H groups in total. The Kier molecular flexibility index (Phi) is 4.43. The Labute approximate surface area is 108 Å². The van der Waals surface area contributed by atoms with Gasteiger partial charge in [0.05, 0.1) is 6.10 Å². The summed E-state index contributed by atoms with van der Waals surface area (Å²) in [5.41, 5.74) is 1.30. The van der Waals surface area contributed by atoms with E-state index in [4.69, 9.17) is 11.6 Å². The van der Waals surface area contributed by atoms with Crippen molar-refractivity contribution in [2.45, 2.75) is 38.3 Å². The van der Waals surface area contributed by atoms with Crippen molar-refractivity contribution in [3.8, 4) is 0 Å². The highest BCUT2D eigenvalue weighted by Gasteiger charge is 2.24. The molecule has 2 atom stereocenters. The van der Waals surface area contributed by atoms with E-state index in [9.17, 15) is 5.11 Å². The topological polar surface area (TPSA) is 23.5 Å². The fraction of sp³-hybridized carbons (Fsp3) is 0.571. The smallest absolute Gasteiger partial charge is 0.0667 e. The van der Waals surface area contributed by atoms with Gasteiger partial charge in [-0.1, -0.05) is 30.7 Å². The van der Waals surface area contributed by atoms with Gasteiger partial charge in [-0.25, -0.2) is 0 Å². The van der Waals surface area contributed by atoms with Crippen LogP contribution in [0.1, 0.15) is 37.8 Å². The summed E-state index contributed by atoms with van der Waals surface area (Å²) >= 11 is 5.91. The van der Waals surface area contributed by atoms with E-state index in [0.717, 1.165) is 37.4 Å². The molecule has 1 fully saturated rings. The van der Waals surface area contributed by atoms with E-state index in [1.54, 1.807) is 0 Å². The maximum absolute atomic E-state index is 9.75. The Morgan fingerprint density at radius 3 is 2.71 bits per heavy atom. The van der Waals surface area contributed by atoms with E-state index in [-0.39, 0.29) is 6.10 Å². The summed E-state index contributed by atoms with van der Waals surface area (Å²) in [7, 11) is 0. The third-order valence-electron chi connectivity index (χ3n) is 3.51. The van der Waals surface area contributed by atoms with Gasteiger partial charge in [0.1, 0.15) is 0 Å². The van der Waals surface area contributed by atoms with Crippen molar-refractivity contribution < 1.29 is 5.11 Å². The Hall–Kier alpha value is -0.570. The Balaban J connectivity index is 2.12. The summed E-state index contributed by atoms with van der Waals surface area (Å²) in [6.07, 6.45) is 2.93. The summed E-state index contributed by atoms with van der Waals surface area (Å²) in [6.45, 7) is 4.07. The van der Waals surface area contributed by atoms with Gasteiger partial charge in [-0.05, 0) is 43.5 Å². The van der Waals surface area contributed by atoms with Crippen molar-refractivity contribution in [2.24, 2.45) is 0 Å². The molecule has 1 heterocycles. The largest absolute Gasteiger partial charge is 0.392 e. The van der Waals surface area contributed by atoms with Crippen molar-refractivity contribution in [2.75, 3.05) is 13.1 Å². The van der Waals surface area contributed by atoms with Crippen molar-refractivity contribution in [1.82, 2.24) is 4.90 Å². The summed E-state index contributed by atoms with van der Waals surface area (Å²) < 4.78 is 0. The molecule has 2 unspecified atom stereocenters. The predicted octanol–water partition coefficient (Wildman–Crippen LogP) is 3.25. The van der Waals surface area contributed by atoms with Crippen LogP contribution in [0.15, 0.2) is 24.3 Å². The molecular weight excluding hydrogens is 234 g/mol. The number of β-amino-alcohol motifs (C(OH)–C–C–N with tert-alkyl or cyclic N) is 1. The molecule has 1 aliphatic rings. The molecule has 1 aromatic carbocycles. The van der Waals surface area contributed by atoms with Crippen LogP contribution in [0.5, 0.6) is 0 Å². The fourth-order valence-electron chi connectivity index (χ4n) is 2.66. The highest BCUT2D eigenvalue weighted by Crippen LogP contribution is 2.28. The maximum atomic E-state index is 9.75. The first-order valence-corrected chi connectivity index (χ1v) is 6.76. The average molecular weight is 254 g/mol. The molecule has 0 bridgehead atoms. The van der Waals surface area contributed by atoms with Gasteiger partial charge in [0.15, 0.2) is 0 Å². The molecule has 0 aliphatic carbocycles. The SMILES string of the molecule is CCC(c1ccc(Cl)cc1)N1CCCC(O)C1. The van der Waals surface area contributed by atoms with Crippen LogP contribution < -0.4 is 0 Å². The maximum Gasteiger partial charge on any atom is 0.0667 e. The lowest BCUT2D eigenvalue weighted by Gasteiger charge is -2.36. The van der Waals surface area contributed by atoms with Gasteiger partial charge in [0.2, 0.25) is 0 Å². The highest BCUT2D eigenvalue weighted by atomic mass is 35.5. The summed E-state index contributed by atoms with van der Waals surface area (Å²) in [5.74, 6) is 0. The number of hydrogen-bond acceptors (Lipinski definition) is 2. The number of benzene rings is 1. The van der Waals surface area contributed by atoms with Gasteiger partial charge in [0.25, 0.3) is 0 Å². The molecule has 1 saturated heterocycles. The van der Waals surface area contributed by atoms with Gasteiger partial charge >= 0.3 is 0 Å². The van der Waals surface area contributed by atoms with E-state index < -0.39 is 0 Å². The second-order valence-corrected chi connectivity index (χ2v) is 5.20. The van der Waals surface area contributed by atoms with Crippen molar-refractivity contribution in [1.29, 1.82) is 0 Å². The van der Waals surface area contributed by atoms with E-state index in [1.165, 1.54) is 5.56 Å². The monoisotopic (exact) mass is 253 g/mol. The number of aliphatic hydroxyl groups excluding tert-OH is 1. The van der Waals surface area contributed by atoms with Gasteiger partial charge in [-0.3, -0.25) is 4.90 Å². The third-order valence-corrected chi connectivity index (χ3v) is 3.76. The second kappa shape index (κ2) is 5.85. The molecule has 0 aromatic heterocycles. The van der Waals surface area contributed by atoms with Crippen LogP contribution in [0.25, 0.3) is 0 Å². The van der Waals surface area contributed by atoms with Crippen molar-refractivity contribution in [3.05, 3.63) is 34.9 Å². The standard InChI is InChI=1S/C14H20ClNO/c1-2-14(11-5-7-12(15)8-6-11)16-9-3-4-13(17)10-16/h5-8,13-14,17H,2-4,9-10H2,1H3. The lowest BCUT2D eigenvalue weighted by molar-refractivity contribution is 0.0449. The van der Waals surface area contributed by atoms with Crippen LogP contribution in [-0.4, -0.2) is 29.2 Å². The zero-order valence-corrected chi connectivity index (χ0v) is 11.0. The minimum absolute atomic E-state index is 0.162. The Morgan fingerprint density at radius 2 is 2.12 bits per heavy atom. The van der Waals surface area contributed by atoms with Crippen LogP contribution in [0.3, 0.4) is 0 Å². The van der Waals surface area contributed by atoms with E-state index in [0.29, 0.717) is 6.04 Å². The first-order chi connectivity index (χ1) is 8.20. The minimum atomic E-state index is -0.162. The molecule has 94 valence electrons. The number of aliphatic hydroxyl groups is 1. The summed E-state index contributed by atoms with van der Waals surface area (Å²) in [5, 5.41) is 10.5. The van der Waals surface area contributed by atoms with Gasteiger partial charge in [-0.15, -0.1) is 0 Å². The first kappa shape index (κ1) is 12.9. The number of hydrogen-bond donors (Lipinski definition) is 1. The zero-order chi connectivity index (χ0) is 12.3. The number of likely N-dealkylation sites (tertiary alicyclic amines) is 1. The second-order valence-electron chi connectivity index (χ2n) is 4.77. The quantitative estimate of drug-likeness (QED) is 0.894. The molecule has 0 saturated carbocycles. The highest BCUT2D eigenvalue weighted by molar-refractivity contribution is 6.30. The lowest BCUT2D eigenvalue weighted by atomic mass is 9.99. The molecule has 0 amide bonds. The normalized spacial score (nSPS) is 23.6.